The van der Waals surface area contributed by atoms with Crippen LogP contribution in [0.15, 0.2) is 95.5 Å². The molecule has 1 aromatic heterocycles. The third kappa shape index (κ3) is 5.66. The van der Waals surface area contributed by atoms with Crippen LogP contribution < -0.4 is 0 Å². The summed E-state index contributed by atoms with van der Waals surface area (Å²) < 4.78 is 18.9. The zero-order chi connectivity index (χ0) is 21.5. The average molecular weight is 414 g/mol. The van der Waals surface area contributed by atoms with E-state index in [0.29, 0.717) is 37.6 Å². The summed E-state index contributed by atoms with van der Waals surface area (Å²) in [5, 5.41) is 0. The van der Waals surface area contributed by atoms with Crippen molar-refractivity contribution >= 4 is 5.91 Å². The number of amides is 1. The van der Waals surface area contributed by atoms with Crippen LogP contribution in [0.3, 0.4) is 0 Å². The zero-order valence-corrected chi connectivity index (χ0v) is 17.1. The summed E-state index contributed by atoms with van der Waals surface area (Å²) in [6.07, 6.45) is 2.31. The van der Waals surface area contributed by atoms with Crippen LogP contribution in [-0.4, -0.2) is 15.8 Å². The van der Waals surface area contributed by atoms with Gasteiger partial charge in [0.2, 0.25) is 5.91 Å². The molecule has 0 aliphatic heterocycles. The highest BCUT2D eigenvalue weighted by Gasteiger charge is 2.16. The first-order valence-corrected chi connectivity index (χ1v) is 10.2. The molecule has 0 bridgehead atoms. The lowest BCUT2D eigenvalue weighted by atomic mass is 10.1. The first kappa shape index (κ1) is 20.5. The fraction of sp³-hybridized carbons (Fsp3) is 0.154. The Bertz CT molecular complexity index is 1070. The molecule has 1 heterocycles. The van der Waals surface area contributed by atoms with Crippen molar-refractivity contribution in [3.63, 3.8) is 0 Å². The van der Waals surface area contributed by atoms with E-state index in [1.807, 2.05) is 65.6 Å². The second kappa shape index (κ2) is 9.85. The topological polar surface area (TPSA) is 46.3 Å². The van der Waals surface area contributed by atoms with Gasteiger partial charge in [0.05, 0.1) is 6.20 Å². The molecule has 0 fully saturated rings. The molecule has 4 rings (SSSR count). The SMILES string of the molecule is O=C(CCc1ncc(-c2ccc(F)cc2)o1)N(Cc1ccccc1)Cc1ccccc1. The lowest BCUT2D eigenvalue weighted by Crippen LogP contribution is -2.30. The summed E-state index contributed by atoms with van der Waals surface area (Å²) in [6.45, 7) is 1.09. The number of halogens is 1. The number of nitrogens with zero attached hydrogens (tertiary/aromatic N) is 2. The van der Waals surface area contributed by atoms with Gasteiger partial charge in [0.25, 0.3) is 0 Å². The minimum absolute atomic E-state index is 0.0363. The molecule has 0 saturated carbocycles. The van der Waals surface area contributed by atoms with Crippen LogP contribution in [0.25, 0.3) is 11.3 Å². The lowest BCUT2D eigenvalue weighted by molar-refractivity contribution is -0.132. The Morgan fingerprint density at radius 1 is 0.839 bits per heavy atom. The number of benzene rings is 3. The van der Waals surface area contributed by atoms with E-state index in [1.165, 1.54) is 12.1 Å². The summed E-state index contributed by atoms with van der Waals surface area (Å²) in [7, 11) is 0. The van der Waals surface area contributed by atoms with Crippen molar-refractivity contribution in [3.8, 4) is 11.3 Å². The largest absolute Gasteiger partial charge is 0.441 e. The summed E-state index contributed by atoms with van der Waals surface area (Å²) in [4.78, 5) is 19.2. The summed E-state index contributed by atoms with van der Waals surface area (Å²) >= 11 is 0. The Labute approximate surface area is 181 Å². The van der Waals surface area contributed by atoms with E-state index in [2.05, 4.69) is 4.98 Å². The van der Waals surface area contributed by atoms with Crippen LogP contribution in [0, 0.1) is 5.82 Å². The van der Waals surface area contributed by atoms with Crippen LogP contribution in [0.2, 0.25) is 0 Å². The van der Waals surface area contributed by atoms with Crippen LogP contribution >= 0.6 is 0 Å². The van der Waals surface area contributed by atoms with Crippen molar-refractivity contribution in [1.29, 1.82) is 0 Å². The molecule has 0 aliphatic carbocycles. The monoisotopic (exact) mass is 414 g/mol. The molecule has 31 heavy (non-hydrogen) atoms. The van der Waals surface area contributed by atoms with Crippen molar-refractivity contribution in [1.82, 2.24) is 9.88 Å². The first-order chi connectivity index (χ1) is 15.2. The highest BCUT2D eigenvalue weighted by molar-refractivity contribution is 5.76. The maximum atomic E-state index is 13.1. The maximum Gasteiger partial charge on any atom is 0.223 e. The van der Waals surface area contributed by atoms with Gasteiger partial charge in [0.15, 0.2) is 11.7 Å². The van der Waals surface area contributed by atoms with Crippen molar-refractivity contribution in [2.45, 2.75) is 25.9 Å². The van der Waals surface area contributed by atoms with E-state index in [0.717, 1.165) is 16.7 Å². The standard InChI is InChI=1S/C26H23FN2O2/c27-23-13-11-22(12-14-23)24-17-28-25(31-24)15-16-26(30)29(18-20-7-3-1-4-8-20)19-21-9-5-2-6-10-21/h1-14,17H,15-16,18-19H2. The minimum Gasteiger partial charge on any atom is -0.441 e. The smallest absolute Gasteiger partial charge is 0.223 e. The predicted octanol–water partition coefficient (Wildman–Crippen LogP) is 5.64. The highest BCUT2D eigenvalue weighted by Crippen LogP contribution is 2.21. The molecule has 0 saturated heterocycles. The van der Waals surface area contributed by atoms with Crippen molar-refractivity contribution in [3.05, 3.63) is 114 Å². The molecular weight excluding hydrogens is 391 g/mol. The lowest BCUT2D eigenvalue weighted by Gasteiger charge is -2.23. The van der Waals surface area contributed by atoms with E-state index in [-0.39, 0.29) is 11.7 Å². The Kier molecular flexibility index (Phi) is 6.53. The number of hydrogen-bond donors (Lipinski definition) is 0. The van der Waals surface area contributed by atoms with Crippen molar-refractivity contribution in [2.24, 2.45) is 0 Å². The number of rotatable bonds is 8. The van der Waals surface area contributed by atoms with Crippen LogP contribution in [0.4, 0.5) is 4.39 Å². The molecule has 5 heteroatoms. The Hall–Kier alpha value is -3.73. The molecule has 3 aromatic carbocycles. The van der Waals surface area contributed by atoms with Crippen LogP contribution in [-0.2, 0) is 24.3 Å². The van der Waals surface area contributed by atoms with Gasteiger partial charge in [0, 0.05) is 31.5 Å². The number of aromatic nitrogens is 1. The van der Waals surface area contributed by atoms with E-state index in [1.54, 1.807) is 18.3 Å². The second-order valence-electron chi connectivity index (χ2n) is 7.35. The van der Waals surface area contributed by atoms with Crippen molar-refractivity contribution in [2.75, 3.05) is 0 Å². The third-order valence-corrected chi connectivity index (χ3v) is 5.02. The number of carbonyl (C=O) groups is 1. The molecule has 1 amide bonds. The van der Waals surface area contributed by atoms with Crippen molar-refractivity contribution < 1.29 is 13.6 Å². The maximum absolute atomic E-state index is 13.1. The molecule has 0 spiro atoms. The fourth-order valence-electron chi connectivity index (χ4n) is 3.39. The highest BCUT2D eigenvalue weighted by atomic mass is 19.1. The van der Waals surface area contributed by atoms with Gasteiger partial charge in [-0.25, -0.2) is 9.37 Å². The normalized spacial score (nSPS) is 10.7. The third-order valence-electron chi connectivity index (χ3n) is 5.02. The summed E-state index contributed by atoms with van der Waals surface area (Å²) in [6, 6.07) is 26.0. The number of hydrogen-bond acceptors (Lipinski definition) is 3. The van der Waals surface area contributed by atoms with Gasteiger partial charge in [-0.3, -0.25) is 4.79 Å². The van der Waals surface area contributed by atoms with Crippen LogP contribution in [0.1, 0.15) is 23.4 Å². The number of carbonyl (C=O) groups excluding carboxylic acids is 1. The molecule has 4 aromatic rings. The predicted molar refractivity (Wildman–Crippen MR) is 117 cm³/mol. The molecular formula is C26H23FN2O2. The molecule has 0 atom stereocenters. The van der Waals surface area contributed by atoms with Gasteiger partial charge in [-0.05, 0) is 35.4 Å². The van der Waals surface area contributed by atoms with E-state index < -0.39 is 0 Å². The number of oxazole rings is 1. The zero-order valence-electron chi connectivity index (χ0n) is 17.1. The fourth-order valence-corrected chi connectivity index (χ4v) is 3.39. The van der Waals surface area contributed by atoms with E-state index >= 15 is 0 Å². The van der Waals surface area contributed by atoms with Gasteiger partial charge in [-0.2, -0.15) is 0 Å². The molecule has 0 N–H and O–H groups in total. The summed E-state index contributed by atoms with van der Waals surface area (Å²) in [5.74, 6) is 0.792. The molecule has 0 radical (unpaired) electrons. The first-order valence-electron chi connectivity index (χ1n) is 10.2. The second-order valence-corrected chi connectivity index (χ2v) is 7.35. The molecule has 156 valence electrons. The van der Waals surface area contributed by atoms with Crippen LogP contribution in [0.5, 0.6) is 0 Å². The van der Waals surface area contributed by atoms with E-state index in [4.69, 9.17) is 4.42 Å². The minimum atomic E-state index is -0.300. The average Bonchev–Trinajstić information content (AvgIpc) is 3.28. The summed E-state index contributed by atoms with van der Waals surface area (Å²) in [5.41, 5.74) is 2.92. The molecule has 0 aliphatic rings. The molecule has 0 unspecified atom stereocenters. The van der Waals surface area contributed by atoms with Gasteiger partial charge in [-0.15, -0.1) is 0 Å². The number of aryl methyl sites for hydroxylation is 1. The van der Waals surface area contributed by atoms with E-state index in [9.17, 15) is 9.18 Å². The van der Waals surface area contributed by atoms with Gasteiger partial charge in [-0.1, -0.05) is 60.7 Å². The van der Waals surface area contributed by atoms with Gasteiger partial charge < -0.3 is 9.32 Å². The quantitative estimate of drug-likeness (QED) is 0.375. The Balaban J connectivity index is 1.42. The van der Waals surface area contributed by atoms with Gasteiger partial charge >= 0.3 is 0 Å². The van der Waals surface area contributed by atoms with Gasteiger partial charge in [0.1, 0.15) is 5.82 Å². The molecule has 4 nitrogen and oxygen atoms in total. The Morgan fingerprint density at radius 3 is 2.00 bits per heavy atom. The Morgan fingerprint density at radius 2 is 1.42 bits per heavy atom.